The molecule has 0 saturated carbocycles. The third kappa shape index (κ3) is 6.06. The number of carbonyl (C=O) groups excluding carboxylic acids is 2. The van der Waals surface area contributed by atoms with Crippen LogP contribution in [0.25, 0.3) is 10.9 Å². The predicted molar refractivity (Wildman–Crippen MR) is 160 cm³/mol. The highest BCUT2D eigenvalue weighted by Gasteiger charge is 2.42. The second-order valence-electron chi connectivity index (χ2n) is 10.7. The molecule has 8 heteroatoms. The van der Waals surface area contributed by atoms with Gasteiger partial charge in [0.15, 0.2) is 6.10 Å². The van der Waals surface area contributed by atoms with Gasteiger partial charge in [0.05, 0.1) is 7.11 Å². The summed E-state index contributed by atoms with van der Waals surface area (Å²) >= 11 is 0. The molecule has 2 atom stereocenters. The van der Waals surface area contributed by atoms with Crippen LogP contribution in [-0.2, 0) is 16.0 Å². The Balaban J connectivity index is 1.76. The molecule has 2 aromatic carbocycles. The van der Waals surface area contributed by atoms with Gasteiger partial charge in [-0.3, -0.25) is 9.59 Å². The Hall–Kier alpha value is -3.68. The van der Waals surface area contributed by atoms with Gasteiger partial charge >= 0.3 is 0 Å². The van der Waals surface area contributed by atoms with E-state index in [2.05, 4.69) is 36.0 Å². The van der Waals surface area contributed by atoms with Gasteiger partial charge in [-0.2, -0.15) is 0 Å². The van der Waals surface area contributed by atoms with E-state index in [1.807, 2.05) is 56.4 Å². The number of hydrogen-bond donors (Lipinski definition) is 2. The van der Waals surface area contributed by atoms with E-state index in [-0.39, 0.29) is 17.7 Å². The Bertz CT molecular complexity index is 1310. The van der Waals surface area contributed by atoms with E-state index in [1.165, 1.54) is 0 Å². The molecular formula is C32H44N4O4. The molecule has 2 heterocycles. The maximum Gasteiger partial charge on any atom is 0.264 e. The number of aromatic amines is 1. The largest absolute Gasteiger partial charge is 0.497 e. The maximum absolute atomic E-state index is 14.1. The summed E-state index contributed by atoms with van der Waals surface area (Å²) in [4.78, 5) is 35.2. The zero-order chi connectivity index (χ0) is 28.8. The van der Waals surface area contributed by atoms with E-state index in [0.717, 1.165) is 59.4 Å². The minimum Gasteiger partial charge on any atom is -0.497 e. The molecule has 216 valence electrons. The van der Waals surface area contributed by atoms with Gasteiger partial charge in [0.25, 0.3) is 5.91 Å². The molecule has 0 radical (unpaired) electrons. The fourth-order valence-corrected chi connectivity index (χ4v) is 5.44. The lowest BCUT2D eigenvalue weighted by Gasteiger charge is -2.31. The molecule has 2 N–H and O–H groups in total. The molecule has 2 amide bonds. The number of unbranched alkanes of at least 4 members (excludes halogenated alkanes) is 1. The molecule has 1 aliphatic heterocycles. The van der Waals surface area contributed by atoms with Crippen LogP contribution in [0.1, 0.15) is 64.6 Å². The predicted octanol–water partition coefficient (Wildman–Crippen LogP) is 5.47. The van der Waals surface area contributed by atoms with Crippen molar-refractivity contribution in [2.45, 2.75) is 66.0 Å². The Kier molecular flexibility index (Phi) is 9.61. The minimum absolute atomic E-state index is 0.0702. The van der Waals surface area contributed by atoms with Crippen molar-refractivity contribution in [1.82, 2.24) is 15.2 Å². The third-order valence-electron chi connectivity index (χ3n) is 7.79. The van der Waals surface area contributed by atoms with Crippen LogP contribution in [0.3, 0.4) is 0 Å². The number of nitrogens with zero attached hydrogens (tertiary/aromatic N) is 2. The van der Waals surface area contributed by atoms with Crippen LogP contribution < -0.4 is 19.7 Å². The van der Waals surface area contributed by atoms with Gasteiger partial charge in [0.1, 0.15) is 17.5 Å². The van der Waals surface area contributed by atoms with E-state index < -0.39 is 12.1 Å². The fourth-order valence-electron chi connectivity index (χ4n) is 5.44. The summed E-state index contributed by atoms with van der Waals surface area (Å²) in [6, 6.07) is 11.1. The number of H-pyrrole nitrogens is 1. The lowest BCUT2D eigenvalue weighted by atomic mass is 10.00. The summed E-state index contributed by atoms with van der Waals surface area (Å²) in [6.07, 6.45) is 3.71. The number of ether oxygens (including phenoxy) is 2. The topological polar surface area (TPSA) is 86.9 Å². The second kappa shape index (κ2) is 13.1. The van der Waals surface area contributed by atoms with Crippen LogP contribution >= 0.6 is 0 Å². The van der Waals surface area contributed by atoms with Crippen LogP contribution in [0.2, 0.25) is 0 Å². The Labute approximate surface area is 238 Å². The first-order valence-electron chi connectivity index (χ1n) is 14.6. The van der Waals surface area contributed by atoms with Gasteiger partial charge in [-0.1, -0.05) is 33.3 Å². The van der Waals surface area contributed by atoms with Crippen molar-refractivity contribution >= 4 is 28.4 Å². The van der Waals surface area contributed by atoms with Crippen LogP contribution in [0.4, 0.5) is 5.69 Å². The first-order chi connectivity index (χ1) is 19.3. The molecule has 0 aliphatic carbocycles. The molecule has 3 aromatic rings. The number of rotatable bonds is 12. The second-order valence-corrected chi connectivity index (χ2v) is 10.7. The van der Waals surface area contributed by atoms with Gasteiger partial charge in [-0.05, 0) is 62.4 Å². The number of hydrogen-bond acceptors (Lipinski definition) is 5. The zero-order valence-electron chi connectivity index (χ0n) is 24.8. The van der Waals surface area contributed by atoms with Crippen molar-refractivity contribution in [3.63, 3.8) is 0 Å². The van der Waals surface area contributed by atoms with Gasteiger partial charge < -0.3 is 29.6 Å². The van der Waals surface area contributed by atoms with Crippen LogP contribution in [-0.4, -0.2) is 61.1 Å². The van der Waals surface area contributed by atoms with E-state index in [0.29, 0.717) is 25.3 Å². The Morgan fingerprint density at radius 1 is 1.15 bits per heavy atom. The number of benzene rings is 2. The lowest BCUT2D eigenvalue weighted by Crippen LogP contribution is -2.49. The summed E-state index contributed by atoms with van der Waals surface area (Å²) in [5, 5.41) is 4.14. The summed E-state index contributed by atoms with van der Waals surface area (Å²) in [5.74, 6) is 0.972. The van der Waals surface area contributed by atoms with Crippen molar-refractivity contribution in [2.24, 2.45) is 5.92 Å². The first-order valence-corrected chi connectivity index (χ1v) is 14.6. The number of aromatic nitrogens is 1. The van der Waals surface area contributed by atoms with Crippen LogP contribution in [0, 0.1) is 5.92 Å². The van der Waals surface area contributed by atoms with Crippen molar-refractivity contribution < 1.29 is 19.1 Å². The van der Waals surface area contributed by atoms with Gasteiger partial charge in [0, 0.05) is 60.6 Å². The highest BCUT2D eigenvalue weighted by molar-refractivity contribution is 5.92. The molecule has 0 bridgehead atoms. The summed E-state index contributed by atoms with van der Waals surface area (Å²) in [7, 11) is 1.65. The summed E-state index contributed by atoms with van der Waals surface area (Å²) in [5.41, 5.74) is 3.81. The summed E-state index contributed by atoms with van der Waals surface area (Å²) in [6.45, 7) is 12.9. The van der Waals surface area contributed by atoms with Crippen molar-refractivity contribution in [1.29, 1.82) is 0 Å². The highest BCUT2D eigenvalue weighted by atomic mass is 16.5. The molecule has 0 spiro atoms. The normalized spacial score (nSPS) is 17.0. The van der Waals surface area contributed by atoms with E-state index in [1.54, 1.807) is 12.0 Å². The monoisotopic (exact) mass is 548 g/mol. The van der Waals surface area contributed by atoms with E-state index in [4.69, 9.17) is 9.47 Å². The molecule has 1 aromatic heterocycles. The zero-order valence-corrected chi connectivity index (χ0v) is 24.8. The molecule has 0 fully saturated rings. The molecule has 4 rings (SSSR count). The Morgan fingerprint density at radius 3 is 2.60 bits per heavy atom. The molecule has 2 unspecified atom stereocenters. The number of carbonyl (C=O) groups is 2. The van der Waals surface area contributed by atoms with Crippen molar-refractivity contribution in [3.05, 3.63) is 53.7 Å². The minimum atomic E-state index is -0.784. The molecule has 1 aliphatic rings. The Morgan fingerprint density at radius 2 is 1.93 bits per heavy atom. The fraction of sp³-hybridized carbons (Fsp3) is 0.500. The molecule has 8 nitrogen and oxygen atoms in total. The van der Waals surface area contributed by atoms with Crippen molar-refractivity contribution in [3.8, 4) is 11.5 Å². The van der Waals surface area contributed by atoms with Crippen molar-refractivity contribution in [2.75, 3.05) is 38.2 Å². The first kappa shape index (κ1) is 29.3. The summed E-state index contributed by atoms with van der Waals surface area (Å²) < 4.78 is 11.9. The van der Waals surface area contributed by atoms with E-state index >= 15 is 0 Å². The highest BCUT2D eigenvalue weighted by Crippen LogP contribution is 2.39. The smallest absolute Gasteiger partial charge is 0.264 e. The lowest BCUT2D eigenvalue weighted by molar-refractivity contribution is -0.146. The van der Waals surface area contributed by atoms with Gasteiger partial charge in [-0.25, -0.2) is 0 Å². The van der Waals surface area contributed by atoms with Gasteiger partial charge in [0.2, 0.25) is 5.91 Å². The molecular weight excluding hydrogens is 504 g/mol. The average Bonchev–Trinajstić information content (AvgIpc) is 3.31. The number of methoxy groups -OCH3 is 1. The number of amides is 2. The SMILES string of the molecule is CCCCNC(=O)C1c2ccc(N(CC)CC)cc2OC(C(C)C)C(=O)N1CCc1c[nH]c2ccc(OC)cc12. The number of fused-ring (bicyclic) bond motifs is 2. The number of anilines is 1. The van der Waals surface area contributed by atoms with E-state index in [9.17, 15) is 9.59 Å². The van der Waals surface area contributed by atoms with Gasteiger partial charge in [-0.15, -0.1) is 0 Å². The molecule has 0 saturated heterocycles. The quantitative estimate of drug-likeness (QED) is 0.293. The van der Waals surface area contributed by atoms with Crippen LogP contribution in [0.15, 0.2) is 42.6 Å². The average molecular weight is 549 g/mol. The maximum atomic E-state index is 14.1. The van der Waals surface area contributed by atoms with Crippen LogP contribution in [0.5, 0.6) is 11.5 Å². The standard InChI is InChI=1S/C32H44N4O4/c1-7-10-16-33-31(37)29-25-13-11-23(35(8-2)9-3)18-28(25)40-30(21(4)5)32(38)36(29)17-15-22-20-34-27-14-12-24(39-6)19-26(22)27/h11-14,18-21,29-30,34H,7-10,15-17H2,1-6H3,(H,33,37). The third-order valence-corrected chi connectivity index (χ3v) is 7.79. The number of nitrogens with one attached hydrogen (secondary N) is 2. The molecule has 40 heavy (non-hydrogen) atoms.